The van der Waals surface area contributed by atoms with Gasteiger partial charge in [-0.2, -0.15) is 15.0 Å². The topological polar surface area (TPSA) is 90.6 Å². The molecule has 108 valence electrons. The van der Waals surface area contributed by atoms with Gasteiger partial charge in [-0.1, -0.05) is 5.21 Å². The van der Waals surface area contributed by atoms with Crippen LogP contribution >= 0.6 is 15.9 Å². The van der Waals surface area contributed by atoms with E-state index in [-0.39, 0.29) is 12.1 Å². The van der Waals surface area contributed by atoms with Gasteiger partial charge in [0.15, 0.2) is 10.4 Å². The predicted octanol–water partition coefficient (Wildman–Crippen LogP) is 1.65. The summed E-state index contributed by atoms with van der Waals surface area (Å²) in [6, 6.07) is 0.272. The van der Waals surface area contributed by atoms with Crippen LogP contribution in [0.3, 0.4) is 0 Å². The van der Waals surface area contributed by atoms with Crippen LogP contribution in [-0.2, 0) is 7.05 Å². The van der Waals surface area contributed by atoms with E-state index >= 15 is 0 Å². The number of hydrogen-bond donors (Lipinski definition) is 1. The highest BCUT2D eigenvalue weighted by Crippen LogP contribution is 2.24. The molecule has 0 aromatic carbocycles. The fraction of sp³-hybridized carbons (Fsp3) is 0.545. The van der Waals surface area contributed by atoms with Gasteiger partial charge in [-0.3, -0.25) is 0 Å². The first kappa shape index (κ1) is 14.6. The third-order valence-electron chi connectivity index (χ3n) is 2.29. The van der Waals surface area contributed by atoms with Gasteiger partial charge in [0.25, 0.3) is 0 Å². The molecule has 0 atom stereocenters. The van der Waals surface area contributed by atoms with Crippen molar-refractivity contribution in [3.63, 3.8) is 0 Å². The minimum absolute atomic E-state index is 0.0205. The number of anilines is 1. The average molecular weight is 342 g/mol. The second-order valence-electron chi connectivity index (χ2n) is 4.31. The lowest BCUT2D eigenvalue weighted by molar-refractivity contribution is 0.222. The van der Waals surface area contributed by atoms with E-state index in [4.69, 9.17) is 4.74 Å². The molecule has 0 saturated heterocycles. The number of ether oxygens (including phenoxy) is 1. The zero-order valence-corrected chi connectivity index (χ0v) is 13.3. The highest BCUT2D eigenvalue weighted by Gasteiger charge is 2.17. The molecule has 0 aliphatic heterocycles. The summed E-state index contributed by atoms with van der Waals surface area (Å²) >= 11 is 3.34. The Morgan fingerprint density at radius 1 is 1.30 bits per heavy atom. The van der Waals surface area contributed by atoms with Crippen LogP contribution in [0.4, 0.5) is 5.95 Å². The van der Waals surface area contributed by atoms with E-state index in [0.29, 0.717) is 28.6 Å². The number of nitrogens with zero attached hydrogens (tertiary/aromatic N) is 6. The molecule has 20 heavy (non-hydrogen) atoms. The Balaban J connectivity index is 2.49. The van der Waals surface area contributed by atoms with Crippen molar-refractivity contribution in [2.24, 2.45) is 7.05 Å². The van der Waals surface area contributed by atoms with Crippen LogP contribution in [0.15, 0.2) is 4.60 Å². The van der Waals surface area contributed by atoms with Gasteiger partial charge in [0, 0.05) is 13.6 Å². The molecule has 0 unspecified atom stereocenters. The van der Waals surface area contributed by atoms with Crippen LogP contribution < -0.4 is 10.1 Å². The zero-order valence-electron chi connectivity index (χ0n) is 11.8. The highest BCUT2D eigenvalue weighted by molar-refractivity contribution is 9.10. The fourth-order valence-electron chi connectivity index (χ4n) is 1.53. The minimum atomic E-state index is -0.0205. The molecule has 2 aromatic heterocycles. The standard InChI is InChI=1S/C11H16BrN7O/c1-5-13-10-14-9(7-8(12)17-18-19(7)4)15-11(16-10)20-6(2)3/h6H,5H2,1-4H3,(H,13,14,15,16). The molecule has 1 N–H and O–H groups in total. The van der Waals surface area contributed by atoms with Crippen molar-refractivity contribution in [1.82, 2.24) is 29.9 Å². The second kappa shape index (κ2) is 6.12. The molecule has 0 aliphatic carbocycles. The number of rotatable bonds is 5. The summed E-state index contributed by atoms with van der Waals surface area (Å²) in [7, 11) is 1.77. The van der Waals surface area contributed by atoms with E-state index in [2.05, 4.69) is 46.5 Å². The Hall–Kier alpha value is -1.77. The fourth-order valence-corrected chi connectivity index (χ4v) is 2.04. The largest absolute Gasteiger partial charge is 0.461 e. The van der Waals surface area contributed by atoms with E-state index in [9.17, 15) is 0 Å². The minimum Gasteiger partial charge on any atom is -0.461 e. The van der Waals surface area contributed by atoms with E-state index in [1.54, 1.807) is 11.7 Å². The van der Waals surface area contributed by atoms with Crippen molar-refractivity contribution in [2.75, 3.05) is 11.9 Å². The Labute approximate surface area is 125 Å². The van der Waals surface area contributed by atoms with Crippen molar-refractivity contribution < 1.29 is 4.74 Å². The molecule has 2 rings (SSSR count). The average Bonchev–Trinajstić information content (AvgIpc) is 2.68. The van der Waals surface area contributed by atoms with Gasteiger partial charge < -0.3 is 10.1 Å². The molecule has 0 radical (unpaired) electrons. The predicted molar refractivity (Wildman–Crippen MR) is 77.5 cm³/mol. The summed E-state index contributed by atoms with van der Waals surface area (Å²) in [5, 5.41) is 10.9. The molecular formula is C11H16BrN7O. The lowest BCUT2D eigenvalue weighted by Gasteiger charge is -2.10. The molecule has 0 spiro atoms. The first-order valence-corrected chi connectivity index (χ1v) is 7.02. The van der Waals surface area contributed by atoms with Gasteiger partial charge >= 0.3 is 6.01 Å². The van der Waals surface area contributed by atoms with Crippen molar-refractivity contribution in [3.05, 3.63) is 4.60 Å². The molecule has 0 fully saturated rings. The summed E-state index contributed by atoms with van der Waals surface area (Å²) in [6.07, 6.45) is -0.0205. The maximum Gasteiger partial charge on any atom is 0.322 e. The number of halogens is 1. The Bertz CT molecular complexity index is 579. The molecule has 0 bridgehead atoms. The quantitative estimate of drug-likeness (QED) is 0.883. The Morgan fingerprint density at radius 3 is 2.60 bits per heavy atom. The molecule has 2 heterocycles. The van der Waals surface area contributed by atoms with E-state index < -0.39 is 0 Å². The number of nitrogens with one attached hydrogen (secondary N) is 1. The summed E-state index contributed by atoms with van der Waals surface area (Å²) in [6.45, 7) is 6.50. The molecule has 0 amide bonds. The third-order valence-corrected chi connectivity index (χ3v) is 2.82. The van der Waals surface area contributed by atoms with Crippen molar-refractivity contribution in [3.8, 4) is 17.5 Å². The SMILES string of the molecule is CCNc1nc(OC(C)C)nc(-c2c(Br)nnn2C)n1. The lowest BCUT2D eigenvalue weighted by atomic mass is 10.4. The number of aryl methyl sites for hydroxylation is 1. The third kappa shape index (κ3) is 3.21. The second-order valence-corrected chi connectivity index (χ2v) is 5.07. The molecule has 0 saturated carbocycles. The number of hydrogen-bond acceptors (Lipinski definition) is 7. The van der Waals surface area contributed by atoms with Gasteiger partial charge in [-0.25, -0.2) is 4.68 Å². The molecular weight excluding hydrogens is 326 g/mol. The maximum absolute atomic E-state index is 5.55. The first-order chi connectivity index (χ1) is 9.51. The lowest BCUT2D eigenvalue weighted by Crippen LogP contribution is -2.12. The van der Waals surface area contributed by atoms with Crippen LogP contribution in [0.1, 0.15) is 20.8 Å². The molecule has 2 aromatic rings. The smallest absolute Gasteiger partial charge is 0.322 e. The van der Waals surface area contributed by atoms with Crippen LogP contribution in [0.2, 0.25) is 0 Å². The normalized spacial score (nSPS) is 10.9. The number of aromatic nitrogens is 6. The molecule has 9 heteroatoms. The van der Waals surface area contributed by atoms with E-state index in [0.717, 1.165) is 0 Å². The van der Waals surface area contributed by atoms with Crippen molar-refractivity contribution in [1.29, 1.82) is 0 Å². The monoisotopic (exact) mass is 341 g/mol. The Morgan fingerprint density at radius 2 is 2.05 bits per heavy atom. The molecule has 0 aliphatic rings. The van der Waals surface area contributed by atoms with Gasteiger partial charge in [-0.05, 0) is 36.7 Å². The van der Waals surface area contributed by atoms with Crippen LogP contribution in [-0.4, -0.2) is 42.6 Å². The Kier molecular flexibility index (Phi) is 4.48. The molecule has 8 nitrogen and oxygen atoms in total. The maximum atomic E-state index is 5.55. The highest BCUT2D eigenvalue weighted by atomic mass is 79.9. The van der Waals surface area contributed by atoms with Crippen LogP contribution in [0.5, 0.6) is 6.01 Å². The zero-order chi connectivity index (χ0) is 14.7. The van der Waals surface area contributed by atoms with Crippen LogP contribution in [0.25, 0.3) is 11.5 Å². The van der Waals surface area contributed by atoms with Gasteiger partial charge in [0.2, 0.25) is 5.95 Å². The van der Waals surface area contributed by atoms with Crippen molar-refractivity contribution >= 4 is 21.9 Å². The first-order valence-electron chi connectivity index (χ1n) is 6.23. The van der Waals surface area contributed by atoms with E-state index in [1.165, 1.54) is 0 Å². The van der Waals surface area contributed by atoms with E-state index in [1.807, 2.05) is 20.8 Å². The van der Waals surface area contributed by atoms with Gasteiger partial charge in [0.05, 0.1) is 6.10 Å². The summed E-state index contributed by atoms with van der Waals surface area (Å²) in [5.74, 6) is 0.909. The van der Waals surface area contributed by atoms with Gasteiger partial charge in [0.1, 0.15) is 5.69 Å². The summed E-state index contributed by atoms with van der Waals surface area (Å²) in [4.78, 5) is 12.9. The van der Waals surface area contributed by atoms with Crippen LogP contribution in [0, 0.1) is 0 Å². The van der Waals surface area contributed by atoms with Gasteiger partial charge in [-0.15, -0.1) is 5.10 Å². The van der Waals surface area contributed by atoms with Crippen molar-refractivity contribution in [2.45, 2.75) is 26.9 Å². The summed E-state index contributed by atoms with van der Waals surface area (Å²) < 4.78 is 7.72. The summed E-state index contributed by atoms with van der Waals surface area (Å²) in [5.41, 5.74) is 0.667.